The lowest BCUT2D eigenvalue weighted by Crippen LogP contribution is -2.39. The molecule has 11 heteroatoms. The van der Waals surface area contributed by atoms with Gasteiger partial charge in [-0.1, -0.05) is 32.9 Å². The zero-order chi connectivity index (χ0) is 29.3. The van der Waals surface area contributed by atoms with Crippen LogP contribution in [-0.4, -0.2) is 66.4 Å². The summed E-state index contributed by atoms with van der Waals surface area (Å²) in [5, 5.41) is 15.7. The van der Waals surface area contributed by atoms with Crippen molar-refractivity contribution in [2.45, 2.75) is 70.4 Å². The van der Waals surface area contributed by atoms with E-state index in [1.54, 1.807) is 17.1 Å². The Bertz CT molecular complexity index is 1550. The molecule has 42 heavy (non-hydrogen) atoms. The third-order valence-electron chi connectivity index (χ3n) is 8.08. The molecular weight excluding hydrogens is 532 g/mol. The van der Waals surface area contributed by atoms with Crippen molar-refractivity contribution in [3.8, 4) is 11.3 Å². The Labute approximate surface area is 245 Å². The molecule has 1 saturated heterocycles. The summed E-state index contributed by atoms with van der Waals surface area (Å²) >= 11 is 0. The van der Waals surface area contributed by atoms with E-state index < -0.39 is 0 Å². The van der Waals surface area contributed by atoms with Crippen molar-refractivity contribution in [1.82, 2.24) is 34.8 Å². The van der Waals surface area contributed by atoms with Gasteiger partial charge in [0.25, 0.3) is 5.89 Å². The number of Topliss-reactive ketones (excluding diaryl/α,β-unsaturated/α-hetero) is 1. The van der Waals surface area contributed by atoms with Crippen LogP contribution in [-0.2, 0) is 23.7 Å². The summed E-state index contributed by atoms with van der Waals surface area (Å²) in [7, 11) is 1.87. The van der Waals surface area contributed by atoms with E-state index in [4.69, 9.17) is 14.1 Å². The van der Waals surface area contributed by atoms with E-state index in [-0.39, 0.29) is 23.0 Å². The average Bonchev–Trinajstić information content (AvgIpc) is 3.61. The number of carbonyl (C=O) groups excluding carboxylic acids is 1. The first-order valence-electron chi connectivity index (χ1n) is 14.6. The van der Waals surface area contributed by atoms with Gasteiger partial charge in [0.05, 0.1) is 17.6 Å². The molecule has 2 aliphatic heterocycles. The fourth-order valence-electron chi connectivity index (χ4n) is 5.79. The van der Waals surface area contributed by atoms with E-state index in [0.717, 1.165) is 62.5 Å². The number of aromatic nitrogens is 6. The van der Waals surface area contributed by atoms with Gasteiger partial charge in [-0.3, -0.25) is 14.4 Å². The van der Waals surface area contributed by atoms with Gasteiger partial charge >= 0.3 is 0 Å². The molecular formula is C31H38N8O3. The van der Waals surface area contributed by atoms with Crippen LogP contribution in [0.1, 0.15) is 80.1 Å². The first kappa shape index (κ1) is 28.2. The van der Waals surface area contributed by atoms with Gasteiger partial charge in [-0.25, -0.2) is 9.97 Å². The van der Waals surface area contributed by atoms with Crippen LogP contribution < -0.4 is 5.32 Å². The fourth-order valence-corrected chi connectivity index (χ4v) is 5.79. The molecule has 5 heterocycles. The number of hydrogen-bond donors (Lipinski definition) is 1. The first-order chi connectivity index (χ1) is 20.2. The maximum absolute atomic E-state index is 13.4. The highest BCUT2D eigenvalue weighted by atomic mass is 16.5. The third-order valence-corrected chi connectivity index (χ3v) is 8.08. The molecule has 4 aromatic rings. The minimum Gasteiger partial charge on any atom is -0.418 e. The predicted octanol–water partition coefficient (Wildman–Crippen LogP) is 5.04. The van der Waals surface area contributed by atoms with Crippen molar-refractivity contribution >= 4 is 17.4 Å². The van der Waals surface area contributed by atoms with Crippen molar-refractivity contribution in [3.63, 3.8) is 0 Å². The van der Waals surface area contributed by atoms with Gasteiger partial charge in [0.2, 0.25) is 17.6 Å². The lowest BCUT2D eigenvalue weighted by atomic mass is 9.87. The van der Waals surface area contributed by atoms with Crippen molar-refractivity contribution in [2.24, 2.45) is 7.05 Å². The van der Waals surface area contributed by atoms with E-state index in [1.165, 1.54) is 11.1 Å². The smallest absolute Gasteiger partial charge is 0.284 e. The maximum atomic E-state index is 13.4. The highest BCUT2D eigenvalue weighted by Crippen LogP contribution is 2.36. The molecule has 1 atom stereocenters. The molecule has 2 aliphatic rings. The lowest BCUT2D eigenvalue weighted by molar-refractivity contribution is 0.0310. The molecule has 0 amide bonds. The number of ketones is 1. The number of aryl methyl sites for hydroxylation is 1. The quantitative estimate of drug-likeness (QED) is 0.302. The minimum atomic E-state index is -0.310. The van der Waals surface area contributed by atoms with Crippen LogP contribution in [0.5, 0.6) is 0 Å². The fraction of sp³-hybridized carbons (Fsp3) is 0.484. The molecule has 11 nitrogen and oxygen atoms in total. The van der Waals surface area contributed by atoms with Gasteiger partial charge in [-0.15, -0.1) is 10.2 Å². The van der Waals surface area contributed by atoms with Gasteiger partial charge < -0.3 is 14.5 Å². The van der Waals surface area contributed by atoms with Crippen LogP contribution in [0.3, 0.4) is 0 Å². The Morgan fingerprint density at radius 2 is 1.95 bits per heavy atom. The summed E-state index contributed by atoms with van der Waals surface area (Å²) in [5.74, 6) is 1.02. The summed E-state index contributed by atoms with van der Waals surface area (Å²) in [5.41, 5.74) is 4.77. The number of anilines is 2. The molecule has 1 unspecified atom stereocenters. The molecule has 0 spiro atoms. The minimum absolute atomic E-state index is 0.0459. The normalized spacial score (nSPS) is 18.4. The van der Waals surface area contributed by atoms with Gasteiger partial charge in [0, 0.05) is 62.6 Å². The summed E-state index contributed by atoms with van der Waals surface area (Å²) in [6.07, 6.45) is 8.62. The van der Waals surface area contributed by atoms with E-state index >= 15 is 0 Å². The van der Waals surface area contributed by atoms with Gasteiger partial charge in [-0.05, 0) is 55.0 Å². The summed E-state index contributed by atoms with van der Waals surface area (Å²) < 4.78 is 13.2. The summed E-state index contributed by atoms with van der Waals surface area (Å²) in [4.78, 5) is 25.1. The van der Waals surface area contributed by atoms with Gasteiger partial charge in [0.1, 0.15) is 0 Å². The molecule has 1 N–H and O–H groups in total. The van der Waals surface area contributed by atoms with Crippen molar-refractivity contribution in [2.75, 3.05) is 25.1 Å². The number of benzene rings is 1. The number of fused-ring (bicyclic) bond motifs is 1. The Kier molecular flexibility index (Phi) is 7.87. The Morgan fingerprint density at radius 3 is 2.69 bits per heavy atom. The summed E-state index contributed by atoms with van der Waals surface area (Å²) in [6.45, 7) is 9.29. The molecule has 0 bridgehead atoms. The highest BCUT2D eigenvalue weighted by molar-refractivity contribution is 5.92. The van der Waals surface area contributed by atoms with E-state index in [1.807, 2.05) is 40.1 Å². The second-order valence-electron chi connectivity index (χ2n) is 12.3. The predicted molar refractivity (Wildman–Crippen MR) is 158 cm³/mol. The second-order valence-corrected chi connectivity index (χ2v) is 12.3. The Morgan fingerprint density at radius 1 is 1.12 bits per heavy atom. The van der Waals surface area contributed by atoms with Crippen LogP contribution in [0.2, 0.25) is 0 Å². The highest BCUT2D eigenvalue weighted by Gasteiger charge is 2.31. The molecule has 1 aromatic carbocycles. The Balaban J connectivity index is 1.29. The number of hydrogen-bond acceptors (Lipinski definition) is 10. The average molecular weight is 571 g/mol. The number of ether oxygens (including phenoxy) is 1. The van der Waals surface area contributed by atoms with E-state index in [0.29, 0.717) is 24.3 Å². The zero-order valence-electron chi connectivity index (χ0n) is 24.7. The lowest BCUT2D eigenvalue weighted by Gasteiger charge is -2.33. The summed E-state index contributed by atoms with van der Waals surface area (Å²) in [6, 6.07) is 8.88. The second kappa shape index (κ2) is 11.7. The SMILES string of the molecule is Cn1cc(Nc2nccc(-c3ccc4c(c3)CN(C3CCOCC3)CCC4CC(=O)c3nnc(C(C)(C)C)o3)n2)cn1. The van der Waals surface area contributed by atoms with E-state index in [9.17, 15) is 4.79 Å². The van der Waals surface area contributed by atoms with Crippen molar-refractivity contribution in [1.29, 1.82) is 0 Å². The standard InChI is InChI=1S/C31H38N8O3/c1-31(2,3)29-37-36-28(42-29)27(40)16-20-8-12-39(24-9-13-41-14-10-24)18-22-15-21(5-6-25(20)22)26-7-11-32-30(35-26)34-23-17-33-38(4)19-23/h5-7,11,15,17,19-20,24H,8-10,12-14,16,18H2,1-4H3,(H,32,34,35). The van der Waals surface area contributed by atoms with Crippen LogP contribution in [0.25, 0.3) is 11.3 Å². The number of rotatable bonds is 7. The molecule has 220 valence electrons. The largest absolute Gasteiger partial charge is 0.418 e. The van der Waals surface area contributed by atoms with Gasteiger partial charge in [-0.2, -0.15) is 5.10 Å². The molecule has 1 fully saturated rings. The topological polar surface area (TPSA) is 124 Å². The molecule has 0 radical (unpaired) electrons. The van der Waals surface area contributed by atoms with Crippen molar-refractivity contribution in [3.05, 3.63) is 65.8 Å². The first-order valence-corrected chi connectivity index (χ1v) is 14.6. The number of carbonyl (C=O) groups is 1. The molecule has 0 saturated carbocycles. The Hall–Kier alpha value is -3.96. The van der Waals surface area contributed by atoms with Crippen LogP contribution in [0, 0.1) is 0 Å². The molecule has 6 rings (SSSR count). The van der Waals surface area contributed by atoms with Crippen molar-refractivity contribution < 1.29 is 13.9 Å². The molecule has 0 aliphatic carbocycles. The zero-order valence-corrected chi connectivity index (χ0v) is 24.7. The number of nitrogens with zero attached hydrogens (tertiary/aromatic N) is 7. The van der Waals surface area contributed by atoms with Crippen LogP contribution in [0.4, 0.5) is 11.6 Å². The maximum Gasteiger partial charge on any atom is 0.284 e. The monoisotopic (exact) mass is 570 g/mol. The molecule has 3 aromatic heterocycles. The van der Waals surface area contributed by atoms with Gasteiger partial charge in [0.15, 0.2) is 0 Å². The third kappa shape index (κ3) is 6.27. The van der Waals surface area contributed by atoms with Crippen LogP contribution >= 0.6 is 0 Å². The van der Waals surface area contributed by atoms with Crippen LogP contribution in [0.15, 0.2) is 47.3 Å². The number of nitrogens with one attached hydrogen (secondary N) is 1. The van der Waals surface area contributed by atoms with E-state index in [2.05, 4.69) is 48.7 Å².